The highest BCUT2D eigenvalue weighted by molar-refractivity contribution is 6.35. The number of fused-ring (bicyclic) bond motifs is 1. The molecule has 28 heavy (non-hydrogen) atoms. The lowest BCUT2D eigenvalue weighted by Crippen LogP contribution is -2.13. The Labute approximate surface area is 173 Å². The molecule has 1 heterocycles. The van der Waals surface area contributed by atoms with Crippen molar-refractivity contribution >= 4 is 40.1 Å². The molecule has 1 aromatic heterocycles. The predicted octanol–water partition coefficient (Wildman–Crippen LogP) is 5.00. The minimum absolute atomic E-state index is 0.225. The van der Waals surface area contributed by atoms with Gasteiger partial charge in [0.15, 0.2) is 6.61 Å². The first-order valence-corrected chi connectivity index (χ1v) is 9.30. The van der Waals surface area contributed by atoms with Gasteiger partial charge in [0.05, 0.1) is 30.1 Å². The third-order valence-corrected chi connectivity index (χ3v) is 4.94. The number of halogens is 2. The molecule has 0 N–H and O–H groups in total. The van der Waals surface area contributed by atoms with Gasteiger partial charge in [-0.25, -0.2) is 4.79 Å². The quantitative estimate of drug-likeness (QED) is 0.526. The van der Waals surface area contributed by atoms with E-state index in [2.05, 4.69) is 9.72 Å². The number of carbonyl (C=O) groups is 1. The number of aryl methyl sites for hydroxylation is 1. The Morgan fingerprint density at radius 1 is 1.07 bits per heavy atom. The molecule has 0 saturated carbocycles. The molecule has 0 spiro atoms. The van der Waals surface area contributed by atoms with Gasteiger partial charge in [-0.1, -0.05) is 35.3 Å². The molecule has 0 aliphatic rings. The topological polar surface area (TPSA) is 57.7 Å². The second kappa shape index (κ2) is 8.67. The second-order valence-corrected chi connectivity index (χ2v) is 6.99. The molecule has 0 aliphatic heterocycles. The first kappa shape index (κ1) is 20.2. The van der Waals surface area contributed by atoms with Gasteiger partial charge in [0.2, 0.25) is 0 Å². The van der Waals surface area contributed by atoms with Gasteiger partial charge >= 0.3 is 5.97 Å². The van der Waals surface area contributed by atoms with E-state index in [-0.39, 0.29) is 6.61 Å². The summed E-state index contributed by atoms with van der Waals surface area (Å²) >= 11 is 12.4. The smallest absolute Gasteiger partial charge is 0.343 e. The number of pyridine rings is 1. The van der Waals surface area contributed by atoms with Crippen LogP contribution < -0.4 is 9.47 Å². The van der Waals surface area contributed by atoms with Gasteiger partial charge < -0.3 is 14.2 Å². The molecule has 0 aliphatic carbocycles. The third-order valence-electron chi connectivity index (χ3n) is 4.38. The number of carbonyl (C=O) groups excluding carboxylic acids is 1. The zero-order valence-corrected chi connectivity index (χ0v) is 17.2. The van der Waals surface area contributed by atoms with Crippen molar-refractivity contribution in [3.8, 4) is 11.5 Å². The Morgan fingerprint density at radius 2 is 1.79 bits per heavy atom. The molecule has 0 saturated heterocycles. The molecule has 7 heteroatoms. The van der Waals surface area contributed by atoms with Crippen LogP contribution in [0.5, 0.6) is 11.5 Å². The molecule has 2 aromatic carbocycles. The Balaban J connectivity index is 2.14. The van der Waals surface area contributed by atoms with E-state index in [1.165, 1.54) is 7.11 Å². The van der Waals surface area contributed by atoms with Crippen LogP contribution in [0.4, 0.5) is 0 Å². The summed E-state index contributed by atoms with van der Waals surface area (Å²) < 4.78 is 16.1. The van der Waals surface area contributed by atoms with E-state index in [0.717, 1.165) is 16.8 Å². The van der Waals surface area contributed by atoms with Crippen molar-refractivity contribution < 1.29 is 19.0 Å². The van der Waals surface area contributed by atoms with E-state index in [0.29, 0.717) is 38.9 Å². The molecule has 3 aromatic rings. The number of rotatable bonds is 6. The van der Waals surface area contributed by atoms with Gasteiger partial charge in [-0.3, -0.25) is 4.98 Å². The van der Waals surface area contributed by atoms with Crippen LogP contribution in [0.1, 0.15) is 16.8 Å². The van der Waals surface area contributed by atoms with E-state index in [9.17, 15) is 4.79 Å². The van der Waals surface area contributed by atoms with Crippen LogP contribution in [0.2, 0.25) is 10.0 Å². The van der Waals surface area contributed by atoms with Gasteiger partial charge in [-0.15, -0.1) is 0 Å². The summed E-state index contributed by atoms with van der Waals surface area (Å²) in [5, 5.41) is 1.77. The third kappa shape index (κ3) is 4.16. The highest BCUT2D eigenvalue weighted by atomic mass is 35.5. The SMILES string of the molecule is COC(=O)COc1ccc(Cl)c2nc(C)c(Cc3ccc(Cl)cc3)c(OC)c12. The zero-order chi connectivity index (χ0) is 20.3. The molecule has 0 amide bonds. The van der Waals surface area contributed by atoms with Crippen molar-refractivity contribution in [1.82, 2.24) is 4.98 Å². The van der Waals surface area contributed by atoms with Crippen molar-refractivity contribution in [1.29, 1.82) is 0 Å². The van der Waals surface area contributed by atoms with E-state index < -0.39 is 5.97 Å². The lowest BCUT2D eigenvalue weighted by Gasteiger charge is -2.17. The van der Waals surface area contributed by atoms with Crippen LogP contribution in [0.3, 0.4) is 0 Å². The predicted molar refractivity (Wildman–Crippen MR) is 110 cm³/mol. The van der Waals surface area contributed by atoms with Crippen molar-refractivity contribution in [3.63, 3.8) is 0 Å². The van der Waals surface area contributed by atoms with Gasteiger partial charge in [-0.2, -0.15) is 0 Å². The van der Waals surface area contributed by atoms with Gasteiger partial charge in [0.25, 0.3) is 0 Å². The number of ether oxygens (including phenoxy) is 3. The number of hydrogen-bond donors (Lipinski definition) is 0. The fourth-order valence-electron chi connectivity index (χ4n) is 2.98. The van der Waals surface area contributed by atoms with Crippen LogP contribution in [0.15, 0.2) is 36.4 Å². The second-order valence-electron chi connectivity index (χ2n) is 6.15. The highest BCUT2D eigenvalue weighted by Crippen LogP contribution is 2.41. The average molecular weight is 420 g/mol. The molecule has 0 fully saturated rings. The van der Waals surface area contributed by atoms with Crippen LogP contribution in [-0.4, -0.2) is 31.8 Å². The first-order valence-electron chi connectivity index (χ1n) is 8.54. The summed E-state index contributed by atoms with van der Waals surface area (Å²) in [5.41, 5.74) is 3.32. The number of esters is 1. The van der Waals surface area contributed by atoms with E-state index in [1.807, 2.05) is 31.2 Å². The Kier molecular flexibility index (Phi) is 6.27. The highest BCUT2D eigenvalue weighted by Gasteiger charge is 2.20. The molecule has 0 bridgehead atoms. The van der Waals surface area contributed by atoms with Gasteiger partial charge in [0.1, 0.15) is 11.5 Å². The summed E-state index contributed by atoms with van der Waals surface area (Å²) in [5.74, 6) is 0.579. The molecule has 0 atom stereocenters. The summed E-state index contributed by atoms with van der Waals surface area (Å²) in [7, 11) is 2.89. The number of benzene rings is 2. The lowest BCUT2D eigenvalue weighted by molar-refractivity contribution is -0.142. The van der Waals surface area contributed by atoms with Crippen molar-refractivity contribution in [2.45, 2.75) is 13.3 Å². The number of aromatic nitrogens is 1. The van der Waals surface area contributed by atoms with Crippen LogP contribution in [0.25, 0.3) is 10.9 Å². The van der Waals surface area contributed by atoms with E-state index in [1.54, 1.807) is 19.2 Å². The standard InChI is InChI=1S/C21H19Cl2NO4/c1-12-15(10-13-4-6-14(22)7-5-13)21(27-3)19-17(28-11-18(25)26-2)9-8-16(23)20(19)24-12/h4-9H,10-11H2,1-3H3. The normalized spacial score (nSPS) is 10.8. The maximum absolute atomic E-state index is 11.5. The van der Waals surface area contributed by atoms with Crippen LogP contribution in [0, 0.1) is 6.92 Å². The Morgan fingerprint density at radius 3 is 2.43 bits per heavy atom. The van der Waals surface area contributed by atoms with Gasteiger partial charge in [0, 0.05) is 22.7 Å². The maximum Gasteiger partial charge on any atom is 0.343 e. The summed E-state index contributed by atoms with van der Waals surface area (Å²) in [6.07, 6.45) is 0.595. The summed E-state index contributed by atoms with van der Waals surface area (Å²) in [4.78, 5) is 16.2. The van der Waals surface area contributed by atoms with Crippen molar-refractivity contribution in [3.05, 3.63) is 63.3 Å². The van der Waals surface area contributed by atoms with Crippen molar-refractivity contribution in [2.24, 2.45) is 0 Å². The number of methoxy groups -OCH3 is 2. The molecular formula is C21H19Cl2NO4. The summed E-state index contributed by atoms with van der Waals surface area (Å²) in [6.45, 7) is 1.68. The monoisotopic (exact) mass is 419 g/mol. The van der Waals surface area contributed by atoms with Gasteiger partial charge in [-0.05, 0) is 36.8 Å². The van der Waals surface area contributed by atoms with Crippen molar-refractivity contribution in [2.75, 3.05) is 20.8 Å². The molecular weight excluding hydrogens is 401 g/mol. The molecule has 3 rings (SSSR count). The molecule has 146 valence electrons. The number of hydrogen-bond acceptors (Lipinski definition) is 5. The molecule has 0 radical (unpaired) electrons. The Bertz CT molecular complexity index is 1020. The average Bonchev–Trinajstić information content (AvgIpc) is 2.70. The maximum atomic E-state index is 11.5. The zero-order valence-electron chi connectivity index (χ0n) is 15.7. The van der Waals surface area contributed by atoms with Crippen LogP contribution >= 0.6 is 23.2 Å². The summed E-state index contributed by atoms with van der Waals surface area (Å²) in [6, 6.07) is 11.0. The Hall–Kier alpha value is -2.50. The molecule has 0 unspecified atom stereocenters. The minimum Gasteiger partial charge on any atom is -0.496 e. The largest absolute Gasteiger partial charge is 0.496 e. The minimum atomic E-state index is -0.483. The van der Waals surface area contributed by atoms with E-state index >= 15 is 0 Å². The lowest BCUT2D eigenvalue weighted by atomic mass is 10.00. The fourth-order valence-corrected chi connectivity index (χ4v) is 3.31. The molecule has 5 nitrogen and oxygen atoms in total. The first-order chi connectivity index (χ1) is 13.4. The van der Waals surface area contributed by atoms with Crippen LogP contribution in [-0.2, 0) is 16.0 Å². The van der Waals surface area contributed by atoms with E-state index in [4.69, 9.17) is 32.7 Å². The fraction of sp³-hybridized carbons (Fsp3) is 0.238. The number of nitrogens with zero attached hydrogens (tertiary/aromatic N) is 1.